The van der Waals surface area contributed by atoms with Crippen molar-refractivity contribution in [1.29, 1.82) is 0 Å². The Morgan fingerprint density at radius 3 is 2.87 bits per heavy atom. The largest absolute Gasteiger partial charge is 0.338 e. The van der Waals surface area contributed by atoms with Crippen molar-refractivity contribution in [2.24, 2.45) is 0 Å². The van der Waals surface area contributed by atoms with E-state index in [4.69, 9.17) is 11.6 Å². The van der Waals surface area contributed by atoms with Crippen LogP contribution in [0.4, 0.5) is 5.95 Å². The second-order valence-corrected chi connectivity index (χ2v) is 4.90. The molecule has 15 heavy (non-hydrogen) atoms. The van der Waals surface area contributed by atoms with Crippen LogP contribution in [0.5, 0.6) is 0 Å². The average molecular weight is 291 g/mol. The lowest BCUT2D eigenvalue weighted by Gasteiger charge is -2.23. The molecule has 1 atom stereocenters. The normalized spacial score (nSPS) is 20.9. The fourth-order valence-electron chi connectivity index (χ4n) is 1.98. The van der Waals surface area contributed by atoms with E-state index in [1.807, 2.05) is 0 Å². The minimum Gasteiger partial charge on any atom is -0.338 e. The molecule has 1 fully saturated rings. The van der Waals surface area contributed by atoms with E-state index in [0.717, 1.165) is 24.2 Å². The zero-order valence-corrected chi connectivity index (χ0v) is 10.7. The smallest absolute Gasteiger partial charge is 0.225 e. The highest BCUT2D eigenvalue weighted by atomic mass is 79.9. The van der Waals surface area contributed by atoms with Gasteiger partial charge >= 0.3 is 0 Å². The van der Waals surface area contributed by atoms with Crippen LogP contribution in [0.2, 0.25) is 5.02 Å². The Morgan fingerprint density at radius 2 is 2.20 bits per heavy atom. The SMILES string of the molecule is Clc1cnc(N2CCCC2CCBr)nc1. The molecule has 0 N–H and O–H groups in total. The number of halogens is 2. The van der Waals surface area contributed by atoms with Crippen molar-refractivity contribution in [2.45, 2.75) is 25.3 Å². The number of hydrogen-bond acceptors (Lipinski definition) is 3. The van der Waals surface area contributed by atoms with Crippen molar-refractivity contribution >= 4 is 33.5 Å². The Kier molecular flexibility index (Phi) is 3.81. The Bertz CT molecular complexity index is 317. The molecule has 1 saturated heterocycles. The third kappa shape index (κ3) is 2.61. The van der Waals surface area contributed by atoms with E-state index in [0.29, 0.717) is 11.1 Å². The first-order chi connectivity index (χ1) is 7.31. The van der Waals surface area contributed by atoms with Gasteiger partial charge in [0, 0.05) is 17.9 Å². The maximum absolute atomic E-state index is 5.76. The van der Waals surface area contributed by atoms with Gasteiger partial charge in [-0.05, 0) is 19.3 Å². The van der Waals surface area contributed by atoms with Crippen LogP contribution in [0.15, 0.2) is 12.4 Å². The molecule has 0 spiro atoms. The number of nitrogens with zero attached hydrogens (tertiary/aromatic N) is 3. The van der Waals surface area contributed by atoms with Gasteiger partial charge in [-0.15, -0.1) is 0 Å². The molecule has 5 heteroatoms. The van der Waals surface area contributed by atoms with E-state index in [1.54, 1.807) is 12.4 Å². The molecule has 1 unspecified atom stereocenters. The van der Waals surface area contributed by atoms with E-state index in [1.165, 1.54) is 12.8 Å². The van der Waals surface area contributed by atoms with E-state index in [2.05, 4.69) is 30.8 Å². The molecule has 0 aromatic carbocycles. The Morgan fingerprint density at radius 1 is 1.47 bits per heavy atom. The summed E-state index contributed by atoms with van der Waals surface area (Å²) < 4.78 is 0. The summed E-state index contributed by atoms with van der Waals surface area (Å²) in [7, 11) is 0. The molecule has 1 aromatic rings. The zero-order chi connectivity index (χ0) is 10.7. The molecule has 2 heterocycles. The van der Waals surface area contributed by atoms with Crippen LogP contribution in [-0.4, -0.2) is 27.9 Å². The monoisotopic (exact) mass is 289 g/mol. The van der Waals surface area contributed by atoms with Gasteiger partial charge in [-0.1, -0.05) is 27.5 Å². The fourth-order valence-corrected chi connectivity index (χ4v) is 2.60. The summed E-state index contributed by atoms with van der Waals surface area (Å²) in [4.78, 5) is 10.8. The lowest BCUT2D eigenvalue weighted by Crippen LogP contribution is -2.30. The number of alkyl halides is 1. The molecule has 3 nitrogen and oxygen atoms in total. The summed E-state index contributed by atoms with van der Waals surface area (Å²) in [6, 6.07) is 0.575. The van der Waals surface area contributed by atoms with Crippen molar-refractivity contribution in [3.05, 3.63) is 17.4 Å². The summed E-state index contributed by atoms with van der Waals surface area (Å²) in [5, 5.41) is 1.62. The van der Waals surface area contributed by atoms with E-state index >= 15 is 0 Å². The number of aromatic nitrogens is 2. The van der Waals surface area contributed by atoms with Crippen molar-refractivity contribution in [3.8, 4) is 0 Å². The van der Waals surface area contributed by atoms with Crippen LogP contribution in [0.1, 0.15) is 19.3 Å². The van der Waals surface area contributed by atoms with Gasteiger partial charge in [-0.3, -0.25) is 0 Å². The summed E-state index contributed by atoms with van der Waals surface area (Å²) in [5.41, 5.74) is 0. The third-order valence-electron chi connectivity index (χ3n) is 2.68. The molecular formula is C10H13BrClN3. The quantitative estimate of drug-likeness (QED) is 0.802. The van der Waals surface area contributed by atoms with Crippen LogP contribution in [0.25, 0.3) is 0 Å². The van der Waals surface area contributed by atoms with E-state index in [9.17, 15) is 0 Å². The molecular weight excluding hydrogens is 277 g/mol. The first kappa shape index (κ1) is 11.1. The van der Waals surface area contributed by atoms with Gasteiger partial charge in [0.15, 0.2) is 0 Å². The van der Waals surface area contributed by atoms with Crippen LogP contribution in [-0.2, 0) is 0 Å². The van der Waals surface area contributed by atoms with Gasteiger partial charge in [0.2, 0.25) is 5.95 Å². The van der Waals surface area contributed by atoms with Crippen LogP contribution in [0.3, 0.4) is 0 Å². The number of hydrogen-bond donors (Lipinski definition) is 0. The molecule has 0 bridgehead atoms. The zero-order valence-electron chi connectivity index (χ0n) is 8.37. The van der Waals surface area contributed by atoms with Crippen molar-refractivity contribution in [1.82, 2.24) is 9.97 Å². The first-order valence-electron chi connectivity index (χ1n) is 5.11. The highest BCUT2D eigenvalue weighted by molar-refractivity contribution is 9.09. The molecule has 82 valence electrons. The predicted molar refractivity (Wildman–Crippen MR) is 65.8 cm³/mol. The van der Waals surface area contributed by atoms with Crippen LogP contribution >= 0.6 is 27.5 Å². The third-order valence-corrected chi connectivity index (χ3v) is 3.34. The summed E-state index contributed by atoms with van der Waals surface area (Å²) in [6.07, 6.45) is 6.92. The van der Waals surface area contributed by atoms with Crippen LogP contribution in [0, 0.1) is 0 Å². The standard InChI is InChI=1S/C10H13BrClN3/c11-4-3-9-2-1-5-15(9)10-13-6-8(12)7-14-10/h6-7,9H,1-5H2. The van der Waals surface area contributed by atoms with E-state index < -0.39 is 0 Å². The molecule has 1 aliphatic heterocycles. The lowest BCUT2D eigenvalue weighted by molar-refractivity contribution is 0.641. The molecule has 2 rings (SSSR count). The van der Waals surface area contributed by atoms with Crippen molar-refractivity contribution in [3.63, 3.8) is 0 Å². The maximum atomic E-state index is 5.76. The second-order valence-electron chi connectivity index (χ2n) is 3.67. The highest BCUT2D eigenvalue weighted by Crippen LogP contribution is 2.25. The fraction of sp³-hybridized carbons (Fsp3) is 0.600. The summed E-state index contributed by atoms with van der Waals surface area (Å²) in [5.74, 6) is 0.808. The topological polar surface area (TPSA) is 29.0 Å². The van der Waals surface area contributed by atoms with Gasteiger partial charge < -0.3 is 4.90 Å². The Labute approximate surface area is 103 Å². The average Bonchev–Trinajstić information content (AvgIpc) is 2.68. The first-order valence-corrected chi connectivity index (χ1v) is 6.61. The molecule has 0 radical (unpaired) electrons. The summed E-state index contributed by atoms with van der Waals surface area (Å²) >= 11 is 9.25. The predicted octanol–water partition coefficient (Wildman–Crippen LogP) is 2.88. The van der Waals surface area contributed by atoms with Gasteiger partial charge in [0.05, 0.1) is 17.4 Å². The van der Waals surface area contributed by atoms with Gasteiger partial charge in [0.25, 0.3) is 0 Å². The number of anilines is 1. The minimum absolute atomic E-state index is 0.575. The minimum atomic E-state index is 0.575. The summed E-state index contributed by atoms with van der Waals surface area (Å²) in [6.45, 7) is 1.05. The molecule has 1 aliphatic rings. The molecule has 0 amide bonds. The molecule has 0 aliphatic carbocycles. The highest BCUT2D eigenvalue weighted by Gasteiger charge is 2.25. The van der Waals surface area contributed by atoms with E-state index in [-0.39, 0.29) is 0 Å². The van der Waals surface area contributed by atoms with Crippen LogP contribution < -0.4 is 4.90 Å². The Balaban J connectivity index is 2.11. The number of rotatable bonds is 3. The second kappa shape index (κ2) is 5.12. The van der Waals surface area contributed by atoms with Gasteiger partial charge in [-0.2, -0.15) is 0 Å². The van der Waals surface area contributed by atoms with Gasteiger partial charge in [-0.25, -0.2) is 9.97 Å². The van der Waals surface area contributed by atoms with Gasteiger partial charge in [0.1, 0.15) is 0 Å². The maximum Gasteiger partial charge on any atom is 0.225 e. The lowest BCUT2D eigenvalue weighted by atomic mass is 10.2. The molecule has 0 saturated carbocycles. The van der Waals surface area contributed by atoms with Crippen molar-refractivity contribution in [2.75, 3.05) is 16.8 Å². The Hall–Kier alpha value is -0.350. The molecule has 1 aromatic heterocycles. The van der Waals surface area contributed by atoms with Crippen molar-refractivity contribution < 1.29 is 0 Å².